The molecule has 2 unspecified atom stereocenters. The molecule has 0 aliphatic carbocycles. The Bertz CT molecular complexity index is 1400. The number of nitrogens with zero attached hydrogens (tertiary/aromatic N) is 2. The molecule has 39 heavy (non-hydrogen) atoms. The van der Waals surface area contributed by atoms with Crippen LogP contribution in [0.4, 0.5) is 5.69 Å². The Hall–Kier alpha value is -3.07. The minimum Gasteiger partial charge on any atom is -0.352 e. The number of hydrogen-bond acceptors (Lipinski definition) is 4. The molecule has 0 aliphatic rings. The number of benzene rings is 3. The standard InChI is InChI=1S/C29H33Cl2N3O4S/c1-5-21(3)32-29(36)22(4)33(18-24-25(30)15-11-16-26(24)31)28(35)19-34(27-17-10-9-12-20(27)2)39(37,38)23-13-7-6-8-14-23/h6-17,21-22H,5,18-19H2,1-4H3,(H,32,36). The van der Waals surface area contributed by atoms with Gasteiger partial charge in [-0.1, -0.05) is 72.6 Å². The van der Waals surface area contributed by atoms with Crippen LogP contribution >= 0.6 is 23.2 Å². The Balaban J connectivity index is 2.07. The third-order valence-corrected chi connectivity index (χ3v) is 9.03. The number of carbonyl (C=O) groups excluding carboxylic acids is 2. The van der Waals surface area contributed by atoms with Crippen molar-refractivity contribution in [1.29, 1.82) is 0 Å². The molecular weight excluding hydrogens is 557 g/mol. The van der Waals surface area contributed by atoms with E-state index in [1.807, 2.05) is 13.8 Å². The van der Waals surface area contributed by atoms with Crippen molar-refractivity contribution >= 4 is 50.7 Å². The monoisotopic (exact) mass is 589 g/mol. The number of nitrogens with one attached hydrogen (secondary N) is 1. The maximum Gasteiger partial charge on any atom is 0.264 e. The predicted octanol–water partition coefficient (Wildman–Crippen LogP) is 5.83. The van der Waals surface area contributed by atoms with Crippen molar-refractivity contribution in [1.82, 2.24) is 10.2 Å². The van der Waals surface area contributed by atoms with E-state index < -0.39 is 28.5 Å². The van der Waals surface area contributed by atoms with Gasteiger partial charge >= 0.3 is 0 Å². The molecule has 0 fully saturated rings. The number of anilines is 1. The lowest BCUT2D eigenvalue weighted by Crippen LogP contribution is -2.52. The number of hydrogen-bond donors (Lipinski definition) is 1. The summed E-state index contributed by atoms with van der Waals surface area (Å²) in [5, 5.41) is 3.57. The zero-order valence-electron chi connectivity index (χ0n) is 22.4. The molecule has 0 saturated heterocycles. The summed E-state index contributed by atoms with van der Waals surface area (Å²) < 4.78 is 28.7. The van der Waals surface area contributed by atoms with E-state index in [0.29, 0.717) is 33.3 Å². The summed E-state index contributed by atoms with van der Waals surface area (Å²) in [6.45, 7) is 6.57. The molecule has 0 saturated carbocycles. The fourth-order valence-electron chi connectivity index (χ4n) is 3.98. The van der Waals surface area contributed by atoms with Crippen LogP contribution < -0.4 is 9.62 Å². The minimum atomic E-state index is -4.13. The average molecular weight is 591 g/mol. The van der Waals surface area contributed by atoms with Crippen LogP contribution in [0.25, 0.3) is 0 Å². The third-order valence-electron chi connectivity index (χ3n) is 6.55. The average Bonchev–Trinajstić information content (AvgIpc) is 2.92. The maximum atomic E-state index is 14.0. The van der Waals surface area contributed by atoms with Gasteiger partial charge in [0.2, 0.25) is 11.8 Å². The number of aryl methyl sites for hydroxylation is 1. The summed E-state index contributed by atoms with van der Waals surface area (Å²) in [6.07, 6.45) is 0.707. The Morgan fingerprint density at radius 3 is 2.08 bits per heavy atom. The number of halogens is 2. The van der Waals surface area contributed by atoms with Gasteiger partial charge in [0.25, 0.3) is 10.0 Å². The van der Waals surface area contributed by atoms with Crippen LogP contribution in [0.15, 0.2) is 77.7 Å². The zero-order chi connectivity index (χ0) is 28.7. The lowest BCUT2D eigenvalue weighted by Gasteiger charge is -2.33. The molecule has 3 aromatic rings. The first kappa shape index (κ1) is 30.5. The molecule has 0 spiro atoms. The molecule has 3 aromatic carbocycles. The van der Waals surface area contributed by atoms with Crippen LogP contribution in [-0.4, -0.2) is 43.8 Å². The summed E-state index contributed by atoms with van der Waals surface area (Å²) in [6, 6.07) is 18.8. The number of para-hydroxylation sites is 1. The first-order chi connectivity index (χ1) is 18.5. The van der Waals surface area contributed by atoms with Gasteiger partial charge in [-0.25, -0.2) is 8.42 Å². The molecule has 3 rings (SSSR count). The van der Waals surface area contributed by atoms with Gasteiger partial charge in [-0.2, -0.15) is 0 Å². The second kappa shape index (κ2) is 13.3. The highest BCUT2D eigenvalue weighted by molar-refractivity contribution is 7.92. The molecule has 0 bridgehead atoms. The third kappa shape index (κ3) is 7.32. The summed E-state index contributed by atoms with van der Waals surface area (Å²) >= 11 is 12.8. The van der Waals surface area contributed by atoms with Crippen molar-refractivity contribution in [3.05, 3.63) is 94.0 Å². The van der Waals surface area contributed by atoms with Crippen LogP contribution in [0.2, 0.25) is 10.0 Å². The Morgan fingerprint density at radius 2 is 1.49 bits per heavy atom. The number of rotatable bonds is 11. The lowest BCUT2D eigenvalue weighted by molar-refractivity contribution is -0.139. The highest BCUT2D eigenvalue weighted by Crippen LogP contribution is 2.29. The van der Waals surface area contributed by atoms with Crippen LogP contribution in [0.5, 0.6) is 0 Å². The molecule has 7 nitrogen and oxygen atoms in total. The van der Waals surface area contributed by atoms with E-state index in [1.54, 1.807) is 74.5 Å². The molecule has 0 aliphatic heterocycles. The van der Waals surface area contributed by atoms with Crippen molar-refractivity contribution in [3.8, 4) is 0 Å². The van der Waals surface area contributed by atoms with E-state index in [4.69, 9.17) is 23.2 Å². The predicted molar refractivity (Wildman–Crippen MR) is 157 cm³/mol. The SMILES string of the molecule is CCC(C)NC(=O)C(C)N(Cc1c(Cl)cccc1Cl)C(=O)CN(c1ccccc1C)S(=O)(=O)c1ccccc1. The fraction of sp³-hybridized carbons (Fsp3) is 0.310. The largest absolute Gasteiger partial charge is 0.352 e. The molecule has 0 heterocycles. The van der Waals surface area contributed by atoms with Crippen LogP contribution in [0, 0.1) is 6.92 Å². The molecular formula is C29H33Cl2N3O4S. The zero-order valence-corrected chi connectivity index (χ0v) is 24.7. The summed E-state index contributed by atoms with van der Waals surface area (Å²) in [7, 11) is -4.13. The van der Waals surface area contributed by atoms with E-state index in [2.05, 4.69) is 5.32 Å². The molecule has 10 heteroatoms. The quantitative estimate of drug-likeness (QED) is 0.305. The van der Waals surface area contributed by atoms with Crippen molar-refractivity contribution in [3.63, 3.8) is 0 Å². The number of amides is 2. The fourth-order valence-corrected chi connectivity index (χ4v) is 5.99. The van der Waals surface area contributed by atoms with Gasteiger partial charge in [-0.15, -0.1) is 0 Å². The maximum absolute atomic E-state index is 14.0. The summed E-state index contributed by atoms with van der Waals surface area (Å²) in [4.78, 5) is 28.5. The van der Waals surface area contributed by atoms with Crippen molar-refractivity contribution in [2.24, 2.45) is 0 Å². The Labute approximate surface area is 240 Å². The highest BCUT2D eigenvalue weighted by Gasteiger charge is 2.33. The molecule has 0 aromatic heterocycles. The van der Waals surface area contributed by atoms with Crippen LogP contribution in [0.3, 0.4) is 0 Å². The van der Waals surface area contributed by atoms with Crippen LogP contribution in [0.1, 0.15) is 38.3 Å². The van der Waals surface area contributed by atoms with E-state index >= 15 is 0 Å². The van der Waals surface area contributed by atoms with Crippen LogP contribution in [-0.2, 0) is 26.2 Å². The van der Waals surface area contributed by atoms with E-state index in [9.17, 15) is 18.0 Å². The second-order valence-electron chi connectivity index (χ2n) is 9.33. The molecule has 2 atom stereocenters. The lowest BCUT2D eigenvalue weighted by atomic mass is 10.1. The van der Waals surface area contributed by atoms with Gasteiger partial charge in [-0.3, -0.25) is 13.9 Å². The van der Waals surface area contributed by atoms with Gasteiger partial charge < -0.3 is 10.2 Å². The Kier molecular flexibility index (Phi) is 10.4. The number of sulfonamides is 1. The molecule has 208 valence electrons. The van der Waals surface area contributed by atoms with Gasteiger partial charge in [0.05, 0.1) is 10.6 Å². The van der Waals surface area contributed by atoms with Gasteiger partial charge in [0.15, 0.2) is 0 Å². The van der Waals surface area contributed by atoms with Gasteiger partial charge in [0.1, 0.15) is 12.6 Å². The highest BCUT2D eigenvalue weighted by atomic mass is 35.5. The van der Waals surface area contributed by atoms with E-state index in [-0.39, 0.29) is 23.4 Å². The second-order valence-corrected chi connectivity index (χ2v) is 12.0. The first-order valence-corrected chi connectivity index (χ1v) is 14.8. The minimum absolute atomic E-state index is 0.0457. The topological polar surface area (TPSA) is 86.8 Å². The van der Waals surface area contributed by atoms with E-state index in [0.717, 1.165) is 4.31 Å². The van der Waals surface area contributed by atoms with Crippen molar-refractivity contribution < 1.29 is 18.0 Å². The van der Waals surface area contributed by atoms with Crippen molar-refractivity contribution in [2.75, 3.05) is 10.8 Å². The van der Waals surface area contributed by atoms with E-state index in [1.165, 1.54) is 17.0 Å². The smallest absolute Gasteiger partial charge is 0.264 e. The molecule has 1 N–H and O–H groups in total. The van der Waals surface area contributed by atoms with Gasteiger partial charge in [0, 0.05) is 28.2 Å². The van der Waals surface area contributed by atoms with Crippen molar-refractivity contribution in [2.45, 2.75) is 57.6 Å². The number of carbonyl (C=O) groups is 2. The molecule has 2 amide bonds. The first-order valence-electron chi connectivity index (χ1n) is 12.6. The molecule has 0 radical (unpaired) electrons. The normalized spacial score (nSPS) is 12.9. The summed E-state index contributed by atoms with van der Waals surface area (Å²) in [5.41, 5.74) is 1.50. The Morgan fingerprint density at radius 1 is 0.897 bits per heavy atom. The van der Waals surface area contributed by atoms with Gasteiger partial charge in [-0.05, 0) is 63.1 Å². The summed E-state index contributed by atoms with van der Waals surface area (Å²) in [5.74, 6) is -0.949.